The molecule has 3 heteroatoms. The summed E-state index contributed by atoms with van der Waals surface area (Å²) in [6, 6.07) is 6.47. The van der Waals surface area contributed by atoms with Gasteiger partial charge in [-0.2, -0.15) is 0 Å². The van der Waals surface area contributed by atoms with E-state index in [1.807, 2.05) is 25.1 Å². The molecule has 116 valence electrons. The van der Waals surface area contributed by atoms with Crippen molar-refractivity contribution in [2.24, 2.45) is 5.92 Å². The van der Waals surface area contributed by atoms with Crippen molar-refractivity contribution >= 4 is 17.4 Å². The molecule has 1 heterocycles. The number of likely N-dealkylation sites (tertiary alicyclic amines) is 1. The number of hydrogen-bond acceptors (Lipinski definition) is 2. The van der Waals surface area contributed by atoms with Gasteiger partial charge < -0.3 is 4.90 Å². The van der Waals surface area contributed by atoms with Crippen LogP contribution in [0.2, 0.25) is 5.02 Å². The van der Waals surface area contributed by atoms with Gasteiger partial charge in [-0.15, -0.1) is 0 Å². The Morgan fingerprint density at radius 3 is 2.86 bits per heavy atom. The highest BCUT2D eigenvalue weighted by Gasteiger charge is 2.23. The summed E-state index contributed by atoms with van der Waals surface area (Å²) in [7, 11) is 0. The standard InChI is InChI=1S/C18H26ClNO/c1-13(2)20-8-4-5-16(12-20)11-17(21)10-15-6-7-18(19)14(3)9-15/h6-7,9,13,16H,4-5,8,10-12H2,1-3H3/t16-/m0/s1. The first kappa shape index (κ1) is 16.5. The molecule has 0 aliphatic carbocycles. The lowest BCUT2D eigenvalue weighted by atomic mass is 9.90. The van der Waals surface area contributed by atoms with E-state index >= 15 is 0 Å². The van der Waals surface area contributed by atoms with Crippen molar-refractivity contribution in [1.29, 1.82) is 0 Å². The summed E-state index contributed by atoms with van der Waals surface area (Å²) in [6.45, 7) is 8.71. The van der Waals surface area contributed by atoms with Gasteiger partial charge in [-0.1, -0.05) is 23.7 Å². The fourth-order valence-electron chi connectivity index (χ4n) is 3.17. The SMILES string of the molecule is Cc1cc(CC(=O)C[C@@H]2CCCN(C(C)C)C2)ccc1Cl. The molecule has 1 aromatic carbocycles. The molecule has 0 N–H and O–H groups in total. The second kappa shape index (κ2) is 7.42. The van der Waals surface area contributed by atoms with Gasteiger partial charge in [0, 0.05) is 30.5 Å². The number of ketones is 1. The highest BCUT2D eigenvalue weighted by Crippen LogP contribution is 2.23. The first-order valence-corrected chi connectivity index (χ1v) is 8.34. The van der Waals surface area contributed by atoms with Crippen LogP contribution in [0.4, 0.5) is 0 Å². The molecule has 1 fully saturated rings. The molecule has 1 aliphatic heterocycles. The summed E-state index contributed by atoms with van der Waals surface area (Å²) in [5, 5.41) is 0.769. The Morgan fingerprint density at radius 2 is 2.19 bits per heavy atom. The lowest BCUT2D eigenvalue weighted by molar-refractivity contribution is -0.119. The van der Waals surface area contributed by atoms with Crippen LogP contribution in [0.15, 0.2) is 18.2 Å². The Labute approximate surface area is 133 Å². The third-order valence-corrected chi connectivity index (χ3v) is 4.84. The summed E-state index contributed by atoms with van der Waals surface area (Å²) in [4.78, 5) is 14.8. The van der Waals surface area contributed by atoms with Crippen LogP contribution in [0.5, 0.6) is 0 Å². The molecule has 0 spiro atoms. The molecule has 0 bridgehead atoms. The first-order valence-electron chi connectivity index (χ1n) is 7.96. The van der Waals surface area contributed by atoms with Gasteiger partial charge in [0.2, 0.25) is 0 Å². The first-order chi connectivity index (χ1) is 9.95. The molecule has 1 atom stereocenters. The molecule has 0 unspecified atom stereocenters. The number of rotatable bonds is 5. The average Bonchev–Trinajstić information content (AvgIpc) is 2.43. The van der Waals surface area contributed by atoms with E-state index in [1.54, 1.807) is 0 Å². The Kier molecular flexibility index (Phi) is 5.83. The Bertz CT molecular complexity index is 498. The lowest BCUT2D eigenvalue weighted by Crippen LogP contribution is -2.40. The van der Waals surface area contributed by atoms with Gasteiger partial charge >= 0.3 is 0 Å². The fraction of sp³-hybridized carbons (Fsp3) is 0.611. The van der Waals surface area contributed by atoms with Gasteiger partial charge in [0.15, 0.2) is 0 Å². The minimum atomic E-state index is 0.354. The Hall–Kier alpha value is -0.860. The maximum atomic E-state index is 12.3. The molecule has 1 aliphatic rings. The zero-order valence-electron chi connectivity index (χ0n) is 13.4. The van der Waals surface area contributed by atoms with Crippen molar-refractivity contribution < 1.29 is 4.79 Å². The highest BCUT2D eigenvalue weighted by molar-refractivity contribution is 6.31. The predicted molar refractivity (Wildman–Crippen MR) is 89.0 cm³/mol. The number of carbonyl (C=O) groups is 1. The minimum absolute atomic E-state index is 0.354. The van der Waals surface area contributed by atoms with Gasteiger partial charge in [0.25, 0.3) is 0 Å². The van der Waals surface area contributed by atoms with Crippen LogP contribution in [0, 0.1) is 12.8 Å². The maximum Gasteiger partial charge on any atom is 0.137 e. The van der Waals surface area contributed by atoms with Crippen LogP contribution in [0.25, 0.3) is 0 Å². The quantitative estimate of drug-likeness (QED) is 0.809. The van der Waals surface area contributed by atoms with Crippen molar-refractivity contribution in [3.8, 4) is 0 Å². The molecule has 0 amide bonds. The number of piperidine rings is 1. The molecular weight excluding hydrogens is 282 g/mol. The zero-order chi connectivity index (χ0) is 15.4. The van der Waals surface area contributed by atoms with Gasteiger partial charge in [0.05, 0.1) is 0 Å². The summed E-state index contributed by atoms with van der Waals surface area (Å²) in [5.41, 5.74) is 2.13. The van der Waals surface area contributed by atoms with E-state index in [1.165, 1.54) is 19.4 Å². The highest BCUT2D eigenvalue weighted by atomic mass is 35.5. The fourth-order valence-corrected chi connectivity index (χ4v) is 3.29. The Balaban J connectivity index is 1.87. The number of carbonyl (C=O) groups excluding carboxylic acids is 1. The molecule has 2 rings (SSSR count). The predicted octanol–water partition coefficient (Wildman–Crippen LogP) is 4.27. The molecule has 1 aromatic rings. The summed E-state index contributed by atoms with van der Waals surface area (Å²) >= 11 is 6.03. The number of halogens is 1. The van der Waals surface area contributed by atoms with Crippen molar-refractivity contribution in [2.45, 2.75) is 52.5 Å². The normalized spacial score (nSPS) is 20.0. The molecule has 1 saturated heterocycles. The van der Waals surface area contributed by atoms with Crippen molar-refractivity contribution in [3.63, 3.8) is 0 Å². The van der Waals surface area contributed by atoms with E-state index in [2.05, 4.69) is 18.7 Å². The van der Waals surface area contributed by atoms with Crippen LogP contribution in [0.1, 0.15) is 44.2 Å². The molecule has 0 aromatic heterocycles. The van der Waals surface area contributed by atoms with Crippen molar-refractivity contribution in [3.05, 3.63) is 34.3 Å². The van der Waals surface area contributed by atoms with E-state index in [4.69, 9.17) is 11.6 Å². The van der Waals surface area contributed by atoms with Gasteiger partial charge in [-0.05, 0) is 63.3 Å². The van der Waals surface area contributed by atoms with E-state index in [0.29, 0.717) is 30.6 Å². The number of Topliss-reactive ketones (excluding diaryl/α,β-unsaturated/α-hetero) is 1. The molecular formula is C18H26ClNO. The Morgan fingerprint density at radius 1 is 1.43 bits per heavy atom. The number of nitrogens with zero attached hydrogens (tertiary/aromatic N) is 1. The van der Waals surface area contributed by atoms with Crippen molar-refractivity contribution in [1.82, 2.24) is 4.90 Å². The maximum absolute atomic E-state index is 12.3. The number of benzene rings is 1. The van der Waals surface area contributed by atoms with E-state index in [-0.39, 0.29) is 0 Å². The minimum Gasteiger partial charge on any atom is -0.301 e. The summed E-state index contributed by atoms with van der Waals surface area (Å²) in [6.07, 6.45) is 3.66. The monoisotopic (exact) mass is 307 g/mol. The zero-order valence-corrected chi connectivity index (χ0v) is 14.1. The summed E-state index contributed by atoms with van der Waals surface area (Å²) in [5.74, 6) is 0.884. The topological polar surface area (TPSA) is 20.3 Å². The second-order valence-electron chi connectivity index (χ2n) is 6.60. The second-order valence-corrected chi connectivity index (χ2v) is 7.01. The van der Waals surface area contributed by atoms with E-state index in [0.717, 1.165) is 22.7 Å². The van der Waals surface area contributed by atoms with Crippen LogP contribution in [-0.4, -0.2) is 29.8 Å². The van der Waals surface area contributed by atoms with Gasteiger partial charge in [0.1, 0.15) is 5.78 Å². The average molecular weight is 308 g/mol. The third kappa shape index (κ3) is 4.82. The molecule has 21 heavy (non-hydrogen) atoms. The van der Waals surface area contributed by atoms with Crippen LogP contribution in [-0.2, 0) is 11.2 Å². The molecule has 0 saturated carbocycles. The number of aryl methyl sites for hydroxylation is 1. The third-order valence-electron chi connectivity index (χ3n) is 4.42. The molecule has 0 radical (unpaired) electrons. The number of hydrogen-bond donors (Lipinski definition) is 0. The van der Waals surface area contributed by atoms with Gasteiger partial charge in [-0.3, -0.25) is 4.79 Å². The van der Waals surface area contributed by atoms with Crippen LogP contribution >= 0.6 is 11.6 Å². The van der Waals surface area contributed by atoms with E-state index < -0.39 is 0 Å². The largest absolute Gasteiger partial charge is 0.301 e. The van der Waals surface area contributed by atoms with E-state index in [9.17, 15) is 4.79 Å². The van der Waals surface area contributed by atoms with Gasteiger partial charge in [-0.25, -0.2) is 0 Å². The van der Waals surface area contributed by atoms with Crippen LogP contribution in [0.3, 0.4) is 0 Å². The van der Waals surface area contributed by atoms with Crippen molar-refractivity contribution in [2.75, 3.05) is 13.1 Å². The smallest absolute Gasteiger partial charge is 0.137 e. The lowest BCUT2D eigenvalue weighted by Gasteiger charge is -2.35. The summed E-state index contributed by atoms with van der Waals surface area (Å²) < 4.78 is 0. The van der Waals surface area contributed by atoms with Crippen LogP contribution < -0.4 is 0 Å². The molecule has 2 nitrogen and oxygen atoms in total.